The van der Waals surface area contributed by atoms with Gasteiger partial charge in [0.1, 0.15) is 11.0 Å². The Morgan fingerprint density at radius 2 is 2.19 bits per heavy atom. The molecular formula is C11H13ClN4. The van der Waals surface area contributed by atoms with Gasteiger partial charge >= 0.3 is 0 Å². The van der Waals surface area contributed by atoms with Crippen LogP contribution in [0.3, 0.4) is 0 Å². The van der Waals surface area contributed by atoms with Crippen molar-refractivity contribution < 1.29 is 0 Å². The number of nitrogens with zero attached hydrogens (tertiary/aromatic N) is 3. The van der Waals surface area contributed by atoms with Gasteiger partial charge in [-0.2, -0.15) is 5.10 Å². The van der Waals surface area contributed by atoms with Gasteiger partial charge in [-0.1, -0.05) is 17.7 Å². The van der Waals surface area contributed by atoms with Crippen LogP contribution >= 0.6 is 11.6 Å². The molecule has 0 fully saturated rings. The van der Waals surface area contributed by atoms with Gasteiger partial charge in [0.2, 0.25) is 0 Å². The molecule has 0 saturated carbocycles. The lowest BCUT2D eigenvalue weighted by Crippen LogP contribution is -2.10. The lowest BCUT2D eigenvalue weighted by Gasteiger charge is -2.16. The molecule has 0 radical (unpaired) electrons. The van der Waals surface area contributed by atoms with E-state index in [-0.39, 0.29) is 6.04 Å². The number of hydrogen-bond acceptors (Lipinski definition) is 3. The van der Waals surface area contributed by atoms with Crippen LogP contribution in [0, 0.1) is 0 Å². The number of anilines is 1. The molecule has 2 aromatic rings. The number of aryl methyl sites for hydroxylation is 1. The Kier molecular flexibility index (Phi) is 3.10. The Bertz CT molecular complexity index is 480. The number of hydrogen-bond donors (Lipinski definition) is 1. The molecule has 1 atom stereocenters. The summed E-state index contributed by atoms with van der Waals surface area (Å²) in [5.41, 5.74) is 0.977. The molecule has 0 aliphatic rings. The Hall–Kier alpha value is -1.55. The van der Waals surface area contributed by atoms with E-state index < -0.39 is 0 Å². The highest BCUT2D eigenvalue weighted by atomic mass is 35.5. The minimum atomic E-state index is 0.0941. The Morgan fingerprint density at radius 3 is 2.81 bits per heavy atom. The van der Waals surface area contributed by atoms with Crippen LogP contribution in [0.5, 0.6) is 0 Å². The fourth-order valence-electron chi connectivity index (χ4n) is 1.54. The summed E-state index contributed by atoms with van der Waals surface area (Å²) in [6.45, 7) is 2.04. The van der Waals surface area contributed by atoms with Gasteiger partial charge in [0, 0.05) is 24.9 Å². The normalized spacial score (nSPS) is 12.4. The van der Waals surface area contributed by atoms with Crippen LogP contribution in [0.4, 0.5) is 5.82 Å². The number of pyridine rings is 1. The summed E-state index contributed by atoms with van der Waals surface area (Å²) >= 11 is 6.03. The van der Waals surface area contributed by atoms with E-state index in [0.717, 1.165) is 11.4 Å². The zero-order chi connectivity index (χ0) is 11.5. The van der Waals surface area contributed by atoms with Gasteiger partial charge in [-0.15, -0.1) is 0 Å². The molecular weight excluding hydrogens is 224 g/mol. The van der Waals surface area contributed by atoms with Crippen molar-refractivity contribution >= 4 is 17.4 Å². The van der Waals surface area contributed by atoms with Crippen molar-refractivity contribution in [2.75, 3.05) is 5.32 Å². The second-order valence-electron chi connectivity index (χ2n) is 3.59. The topological polar surface area (TPSA) is 42.7 Å². The molecule has 0 spiro atoms. The van der Waals surface area contributed by atoms with Crippen molar-refractivity contribution in [2.24, 2.45) is 7.05 Å². The smallest absolute Gasteiger partial charge is 0.134 e. The Morgan fingerprint density at radius 1 is 1.38 bits per heavy atom. The average Bonchev–Trinajstić information content (AvgIpc) is 2.65. The minimum absolute atomic E-state index is 0.0941. The highest BCUT2D eigenvalue weighted by molar-refractivity contribution is 6.30. The largest absolute Gasteiger partial charge is 0.364 e. The first-order chi connectivity index (χ1) is 7.68. The van der Waals surface area contributed by atoms with E-state index in [9.17, 15) is 0 Å². The molecule has 0 saturated heterocycles. The Balaban J connectivity index is 2.18. The number of nitrogens with one attached hydrogen (secondary N) is 1. The predicted molar refractivity (Wildman–Crippen MR) is 64.5 cm³/mol. The summed E-state index contributed by atoms with van der Waals surface area (Å²) in [6.07, 6.45) is 3.43. The van der Waals surface area contributed by atoms with Gasteiger partial charge < -0.3 is 5.32 Å². The van der Waals surface area contributed by atoms with E-state index >= 15 is 0 Å². The molecule has 2 aromatic heterocycles. The van der Waals surface area contributed by atoms with Gasteiger partial charge in [-0.05, 0) is 13.0 Å². The van der Waals surface area contributed by atoms with E-state index in [1.807, 2.05) is 32.2 Å². The van der Waals surface area contributed by atoms with Gasteiger partial charge in [-0.25, -0.2) is 4.98 Å². The number of aromatic nitrogens is 3. The fraction of sp³-hybridized carbons (Fsp3) is 0.273. The first-order valence-corrected chi connectivity index (χ1v) is 5.41. The standard InChI is InChI=1S/C11H13ClN4/c1-8(9-4-3-6-13-11(9)12)15-10-5-7-14-16(10)2/h3-8,15H,1-2H3. The van der Waals surface area contributed by atoms with Crippen molar-refractivity contribution in [1.82, 2.24) is 14.8 Å². The maximum absolute atomic E-state index is 6.03. The van der Waals surface area contributed by atoms with E-state index in [0.29, 0.717) is 5.15 Å². The third kappa shape index (κ3) is 2.17. The molecule has 1 N–H and O–H groups in total. The molecule has 0 amide bonds. The molecule has 84 valence electrons. The lowest BCUT2D eigenvalue weighted by atomic mass is 10.1. The quantitative estimate of drug-likeness (QED) is 0.834. The molecule has 5 heteroatoms. The van der Waals surface area contributed by atoms with Gasteiger partial charge in [0.25, 0.3) is 0 Å². The maximum atomic E-state index is 6.03. The van der Waals surface area contributed by atoms with Crippen LogP contribution in [0.2, 0.25) is 5.15 Å². The number of halogens is 1. The summed E-state index contributed by atoms with van der Waals surface area (Å²) < 4.78 is 1.78. The van der Waals surface area contributed by atoms with Crippen LogP contribution in [-0.4, -0.2) is 14.8 Å². The van der Waals surface area contributed by atoms with E-state index in [1.54, 1.807) is 17.1 Å². The fourth-order valence-corrected chi connectivity index (χ4v) is 1.82. The zero-order valence-electron chi connectivity index (χ0n) is 9.18. The highest BCUT2D eigenvalue weighted by Gasteiger charge is 2.10. The van der Waals surface area contributed by atoms with E-state index in [1.165, 1.54) is 0 Å². The first-order valence-electron chi connectivity index (χ1n) is 5.03. The molecule has 0 bridgehead atoms. The molecule has 0 aliphatic carbocycles. The molecule has 4 nitrogen and oxygen atoms in total. The molecule has 1 unspecified atom stereocenters. The average molecular weight is 237 g/mol. The maximum Gasteiger partial charge on any atom is 0.134 e. The molecule has 0 aliphatic heterocycles. The zero-order valence-corrected chi connectivity index (χ0v) is 9.94. The molecule has 16 heavy (non-hydrogen) atoms. The summed E-state index contributed by atoms with van der Waals surface area (Å²) in [6, 6.07) is 5.85. The van der Waals surface area contributed by atoms with Crippen molar-refractivity contribution in [1.29, 1.82) is 0 Å². The van der Waals surface area contributed by atoms with Crippen molar-refractivity contribution in [3.63, 3.8) is 0 Å². The summed E-state index contributed by atoms with van der Waals surface area (Å²) in [7, 11) is 1.89. The van der Waals surface area contributed by atoms with Gasteiger partial charge in [0.05, 0.1) is 12.2 Å². The van der Waals surface area contributed by atoms with E-state index in [2.05, 4.69) is 15.4 Å². The monoisotopic (exact) mass is 236 g/mol. The third-order valence-corrected chi connectivity index (χ3v) is 2.76. The Labute approximate surface area is 99.3 Å². The van der Waals surface area contributed by atoms with Crippen LogP contribution in [-0.2, 0) is 7.05 Å². The van der Waals surface area contributed by atoms with Gasteiger partial charge in [0.15, 0.2) is 0 Å². The molecule has 0 aromatic carbocycles. The third-order valence-electron chi connectivity index (χ3n) is 2.44. The van der Waals surface area contributed by atoms with Crippen LogP contribution in [0.25, 0.3) is 0 Å². The SMILES string of the molecule is CC(Nc1ccnn1C)c1cccnc1Cl. The second kappa shape index (κ2) is 4.53. The van der Waals surface area contributed by atoms with Crippen molar-refractivity contribution in [2.45, 2.75) is 13.0 Å². The molecule has 2 heterocycles. The highest BCUT2D eigenvalue weighted by Crippen LogP contribution is 2.23. The first kappa shape index (κ1) is 11.0. The van der Waals surface area contributed by atoms with Crippen LogP contribution in [0.15, 0.2) is 30.6 Å². The van der Waals surface area contributed by atoms with Crippen LogP contribution < -0.4 is 5.32 Å². The minimum Gasteiger partial charge on any atom is -0.364 e. The molecule has 2 rings (SSSR count). The summed E-state index contributed by atoms with van der Waals surface area (Å²) in [5, 5.41) is 7.95. The summed E-state index contributed by atoms with van der Waals surface area (Å²) in [4.78, 5) is 4.05. The lowest BCUT2D eigenvalue weighted by molar-refractivity contribution is 0.750. The predicted octanol–water partition coefficient (Wildman–Crippen LogP) is 2.64. The van der Waals surface area contributed by atoms with Crippen molar-refractivity contribution in [3.05, 3.63) is 41.3 Å². The second-order valence-corrected chi connectivity index (χ2v) is 3.95. The summed E-state index contributed by atoms with van der Waals surface area (Å²) in [5.74, 6) is 0.951. The van der Waals surface area contributed by atoms with Gasteiger partial charge in [-0.3, -0.25) is 4.68 Å². The number of rotatable bonds is 3. The van der Waals surface area contributed by atoms with Crippen LogP contribution in [0.1, 0.15) is 18.5 Å². The van der Waals surface area contributed by atoms with E-state index in [4.69, 9.17) is 11.6 Å². The van der Waals surface area contributed by atoms with Crippen molar-refractivity contribution in [3.8, 4) is 0 Å².